The maximum Gasteiger partial charge on any atom is 0.197 e. The van der Waals surface area contributed by atoms with Crippen molar-refractivity contribution in [3.63, 3.8) is 0 Å². The molecule has 1 aliphatic rings. The van der Waals surface area contributed by atoms with Crippen molar-refractivity contribution in [1.29, 1.82) is 0 Å². The van der Waals surface area contributed by atoms with E-state index in [1.54, 1.807) is 0 Å². The molecule has 3 N–H and O–H groups in total. The molecule has 1 aliphatic carbocycles. The number of aryl methyl sites for hydroxylation is 1. The third-order valence-corrected chi connectivity index (χ3v) is 1.90. The zero-order chi connectivity index (χ0) is 7.14. The van der Waals surface area contributed by atoms with Gasteiger partial charge < -0.3 is 10.7 Å². The van der Waals surface area contributed by atoms with Crippen LogP contribution in [0.2, 0.25) is 0 Å². The SMILES string of the molecule is Cc1[nH]c(N)nc1C1CC1. The smallest absolute Gasteiger partial charge is 0.197 e. The van der Waals surface area contributed by atoms with Crippen LogP contribution in [0.25, 0.3) is 0 Å². The normalized spacial score (nSPS) is 17.7. The molecule has 1 fully saturated rings. The minimum absolute atomic E-state index is 0.555. The molecule has 0 bridgehead atoms. The van der Waals surface area contributed by atoms with E-state index >= 15 is 0 Å². The highest BCUT2D eigenvalue weighted by molar-refractivity contribution is 5.29. The first kappa shape index (κ1) is 5.77. The first-order valence-corrected chi connectivity index (χ1v) is 3.59. The molecule has 3 heteroatoms. The molecule has 0 aromatic carbocycles. The molecule has 0 spiro atoms. The number of nitrogens with one attached hydrogen (secondary N) is 1. The highest BCUT2D eigenvalue weighted by Gasteiger charge is 2.27. The number of nitrogens with zero attached hydrogens (tertiary/aromatic N) is 1. The number of H-pyrrole nitrogens is 1. The molecular formula is C7H11N3. The minimum Gasteiger partial charge on any atom is -0.369 e. The second-order valence-electron chi connectivity index (χ2n) is 2.91. The first-order valence-electron chi connectivity index (χ1n) is 3.59. The van der Waals surface area contributed by atoms with Crippen molar-refractivity contribution in [1.82, 2.24) is 9.97 Å². The summed E-state index contributed by atoms with van der Waals surface area (Å²) >= 11 is 0. The number of aromatic amines is 1. The van der Waals surface area contributed by atoms with Crippen LogP contribution in [0.15, 0.2) is 0 Å². The van der Waals surface area contributed by atoms with E-state index in [1.165, 1.54) is 18.5 Å². The standard InChI is InChI=1S/C7H11N3/c1-4-6(5-2-3-5)10-7(8)9-4/h5H,2-3H2,1H3,(H3,8,9,10). The highest BCUT2D eigenvalue weighted by atomic mass is 15.0. The largest absolute Gasteiger partial charge is 0.369 e. The van der Waals surface area contributed by atoms with Crippen LogP contribution in [-0.2, 0) is 0 Å². The summed E-state index contributed by atoms with van der Waals surface area (Å²) in [6.07, 6.45) is 2.57. The summed E-state index contributed by atoms with van der Waals surface area (Å²) in [5.74, 6) is 1.26. The van der Waals surface area contributed by atoms with Crippen LogP contribution in [0.5, 0.6) is 0 Å². The van der Waals surface area contributed by atoms with E-state index in [-0.39, 0.29) is 0 Å². The van der Waals surface area contributed by atoms with Crippen LogP contribution in [0.3, 0.4) is 0 Å². The zero-order valence-corrected chi connectivity index (χ0v) is 6.02. The molecule has 1 aromatic heterocycles. The van der Waals surface area contributed by atoms with Gasteiger partial charge in [0, 0.05) is 11.6 Å². The van der Waals surface area contributed by atoms with Gasteiger partial charge in [-0.15, -0.1) is 0 Å². The number of aromatic nitrogens is 2. The Hall–Kier alpha value is -0.990. The number of imidazole rings is 1. The molecule has 0 amide bonds. The number of hydrogen-bond acceptors (Lipinski definition) is 2. The Bertz CT molecular complexity index is 247. The predicted octanol–water partition coefficient (Wildman–Crippen LogP) is 1.18. The Morgan fingerprint density at radius 2 is 2.30 bits per heavy atom. The lowest BCUT2D eigenvalue weighted by Gasteiger charge is -1.88. The fraction of sp³-hybridized carbons (Fsp3) is 0.571. The van der Waals surface area contributed by atoms with Crippen molar-refractivity contribution >= 4 is 5.95 Å². The summed E-state index contributed by atoms with van der Waals surface area (Å²) in [6.45, 7) is 2.02. The maximum atomic E-state index is 5.48. The second-order valence-corrected chi connectivity index (χ2v) is 2.91. The highest BCUT2D eigenvalue weighted by Crippen LogP contribution is 2.40. The molecule has 0 radical (unpaired) electrons. The molecule has 0 aliphatic heterocycles. The van der Waals surface area contributed by atoms with Gasteiger partial charge in [-0.3, -0.25) is 0 Å². The van der Waals surface area contributed by atoms with Gasteiger partial charge in [0.05, 0.1) is 5.69 Å². The van der Waals surface area contributed by atoms with Gasteiger partial charge in [0.15, 0.2) is 5.95 Å². The van der Waals surface area contributed by atoms with Gasteiger partial charge in [0.2, 0.25) is 0 Å². The van der Waals surface area contributed by atoms with Crippen molar-refractivity contribution in [2.75, 3.05) is 5.73 Å². The lowest BCUT2D eigenvalue weighted by Crippen LogP contribution is -1.85. The van der Waals surface area contributed by atoms with E-state index in [1.807, 2.05) is 6.92 Å². The van der Waals surface area contributed by atoms with Crippen LogP contribution >= 0.6 is 0 Å². The number of nitrogen functional groups attached to an aromatic ring is 1. The summed E-state index contributed by atoms with van der Waals surface area (Å²) in [4.78, 5) is 7.19. The van der Waals surface area contributed by atoms with E-state index in [4.69, 9.17) is 5.73 Å². The molecule has 0 atom stereocenters. The van der Waals surface area contributed by atoms with Gasteiger partial charge in [-0.25, -0.2) is 4.98 Å². The van der Waals surface area contributed by atoms with E-state index in [2.05, 4.69) is 9.97 Å². The van der Waals surface area contributed by atoms with Crippen molar-refractivity contribution < 1.29 is 0 Å². The molecular weight excluding hydrogens is 126 g/mol. The summed E-state index contributed by atoms with van der Waals surface area (Å²) < 4.78 is 0. The van der Waals surface area contributed by atoms with Crippen LogP contribution in [0, 0.1) is 6.92 Å². The fourth-order valence-corrected chi connectivity index (χ4v) is 1.25. The number of nitrogens with two attached hydrogens (primary N) is 1. The molecule has 1 aromatic rings. The van der Waals surface area contributed by atoms with Gasteiger partial charge >= 0.3 is 0 Å². The Balaban J connectivity index is 2.38. The molecule has 54 valence electrons. The third kappa shape index (κ3) is 0.781. The van der Waals surface area contributed by atoms with E-state index in [0.29, 0.717) is 11.9 Å². The third-order valence-electron chi connectivity index (χ3n) is 1.90. The second kappa shape index (κ2) is 1.75. The number of anilines is 1. The zero-order valence-electron chi connectivity index (χ0n) is 6.02. The topological polar surface area (TPSA) is 54.7 Å². The van der Waals surface area contributed by atoms with E-state index < -0.39 is 0 Å². The number of rotatable bonds is 1. The van der Waals surface area contributed by atoms with Crippen LogP contribution in [0.4, 0.5) is 5.95 Å². The molecule has 1 saturated carbocycles. The predicted molar refractivity (Wildman–Crippen MR) is 39.7 cm³/mol. The summed E-state index contributed by atoms with van der Waals surface area (Å²) in [5, 5.41) is 0. The van der Waals surface area contributed by atoms with E-state index in [9.17, 15) is 0 Å². The maximum absolute atomic E-state index is 5.48. The Kier molecular flexibility index (Phi) is 1.01. The molecule has 2 rings (SSSR count). The average Bonchev–Trinajstić information content (AvgIpc) is 2.61. The van der Waals surface area contributed by atoms with Crippen LogP contribution < -0.4 is 5.73 Å². The minimum atomic E-state index is 0.555. The van der Waals surface area contributed by atoms with Crippen molar-refractivity contribution in [3.05, 3.63) is 11.4 Å². The number of hydrogen-bond donors (Lipinski definition) is 2. The fourth-order valence-electron chi connectivity index (χ4n) is 1.25. The van der Waals surface area contributed by atoms with Gasteiger partial charge in [-0.05, 0) is 19.8 Å². The quantitative estimate of drug-likeness (QED) is 0.610. The molecule has 10 heavy (non-hydrogen) atoms. The monoisotopic (exact) mass is 137 g/mol. The Morgan fingerprint density at radius 1 is 1.60 bits per heavy atom. The lowest BCUT2D eigenvalue weighted by molar-refractivity contribution is 1.03. The molecule has 3 nitrogen and oxygen atoms in total. The molecule has 0 unspecified atom stereocenters. The average molecular weight is 137 g/mol. The van der Waals surface area contributed by atoms with E-state index in [0.717, 1.165) is 5.69 Å². The summed E-state index contributed by atoms with van der Waals surface area (Å²) in [5.41, 5.74) is 7.80. The van der Waals surface area contributed by atoms with Crippen molar-refractivity contribution in [3.8, 4) is 0 Å². The Labute approximate surface area is 59.7 Å². The Morgan fingerprint density at radius 3 is 2.70 bits per heavy atom. The van der Waals surface area contributed by atoms with Gasteiger partial charge in [-0.1, -0.05) is 0 Å². The van der Waals surface area contributed by atoms with Crippen molar-refractivity contribution in [2.24, 2.45) is 0 Å². The lowest BCUT2D eigenvalue weighted by atomic mass is 10.2. The van der Waals surface area contributed by atoms with Crippen LogP contribution in [0.1, 0.15) is 30.1 Å². The van der Waals surface area contributed by atoms with Gasteiger partial charge in [0.25, 0.3) is 0 Å². The molecule has 0 saturated heterocycles. The van der Waals surface area contributed by atoms with Gasteiger partial charge in [-0.2, -0.15) is 0 Å². The summed E-state index contributed by atoms with van der Waals surface area (Å²) in [7, 11) is 0. The van der Waals surface area contributed by atoms with Gasteiger partial charge in [0.1, 0.15) is 0 Å². The van der Waals surface area contributed by atoms with Crippen molar-refractivity contribution in [2.45, 2.75) is 25.7 Å². The van der Waals surface area contributed by atoms with Crippen LogP contribution in [-0.4, -0.2) is 9.97 Å². The first-order chi connectivity index (χ1) is 4.77. The summed E-state index contributed by atoms with van der Waals surface area (Å²) in [6, 6.07) is 0. The molecule has 1 heterocycles.